The van der Waals surface area contributed by atoms with Crippen LogP contribution in [0.15, 0.2) is 30.3 Å². The number of hydrogen-bond acceptors (Lipinski definition) is 3. The normalized spacial score (nSPS) is 26.9. The van der Waals surface area contributed by atoms with E-state index in [-0.39, 0.29) is 5.54 Å². The van der Waals surface area contributed by atoms with Crippen LogP contribution in [-0.2, 0) is 4.74 Å². The van der Waals surface area contributed by atoms with Gasteiger partial charge in [0.1, 0.15) is 0 Å². The monoisotopic (exact) mass is 221 g/mol. The van der Waals surface area contributed by atoms with E-state index in [1.54, 1.807) is 0 Å². The molecule has 1 aliphatic heterocycles. The molecule has 0 saturated carbocycles. The summed E-state index contributed by atoms with van der Waals surface area (Å²) in [6.07, 6.45) is 0.563. The second kappa shape index (κ2) is 4.95. The van der Waals surface area contributed by atoms with Crippen molar-refractivity contribution < 1.29 is 9.84 Å². The lowest BCUT2D eigenvalue weighted by atomic mass is 10.0. The predicted molar refractivity (Wildman–Crippen MR) is 63.2 cm³/mol. The Morgan fingerprint density at radius 1 is 1.44 bits per heavy atom. The Morgan fingerprint density at radius 3 is 2.81 bits per heavy atom. The first-order valence-corrected chi connectivity index (χ1v) is 5.75. The number of β-amino-alcohol motifs (C(OH)–C–C–N with tert-alkyl or cyclic N) is 1. The SMILES string of the molecule is CC1(NCC(O)c2ccccc2)CCOC1. The largest absolute Gasteiger partial charge is 0.387 e. The van der Waals surface area contributed by atoms with Crippen molar-refractivity contribution in [3.63, 3.8) is 0 Å². The van der Waals surface area contributed by atoms with Crippen LogP contribution in [0, 0.1) is 0 Å². The summed E-state index contributed by atoms with van der Waals surface area (Å²) in [5.41, 5.74) is 0.980. The Balaban J connectivity index is 1.86. The molecule has 0 aromatic heterocycles. The van der Waals surface area contributed by atoms with E-state index in [1.165, 1.54) is 0 Å². The van der Waals surface area contributed by atoms with Gasteiger partial charge in [-0.15, -0.1) is 0 Å². The molecule has 0 spiro atoms. The second-order valence-electron chi connectivity index (χ2n) is 4.67. The highest BCUT2D eigenvalue weighted by molar-refractivity contribution is 5.17. The summed E-state index contributed by atoms with van der Waals surface area (Å²) >= 11 is 0. The van der Waals surface area contributed by atoms with Crippen LogP contribution in [0.5, 0.6) is 0 Å². The minimum absolute atomic E-state index is 0.0236. The van der Waals surface area contributed by atoms with Gasteiger partial charge in [-0.3, -0.25) is 0 Å². The zero-order chi connectivity index (χ0) is 11.4. The van der Waals surface area contributed by atoms with Gasteiger partial charge in [-0.1, -0.05) is 30.3 Å². The van der Waals surface area contributed by atoms with Gasteiger partial charge in [0.25, 0.3) is 0 Å². The molecule has 88 valence electrons. The third-order valence-electron chi connectivity index (χ3n) is 3.13. The smallest absolute Gasteiger partial charge is 0.0914 e. The number of aliphatic hydroxyl groups is 1. The highest BCUT2D eigenvalue weighted by Gasteiger charge is 2.29. The molecule has 2 atom stereocenters. The number of rotatable bonds is 4. The second-order valence-corrected chi connectivity index (χ2v) is 4.67. The van der Waals surface area contributed by atoms with E-state index in [9.17, 15) is 5.11 Å². The van der Waals surface area contributed by atoms with E-state index in [0.29, 0.717) is 6.54 Å². The molecule has 1 aliphatic rings. The van der Waals surface area contributed by atoms with E-state index in [1.807, 2.05) is 30.3 Å². The molecule has 2 rings (SSSR count). The van der Waals surface area contributed by atoms with E-state index in [2.05, 4.69) is 12.2 Å². The van der Waals surface area contributed by atoms with Gasteiger partial charge in [-0.25, -0.2) is 0 Å². The summed E-state index contributed by atoms with van der Waals surface area (Å²) in [6.45, 7) is 4.25. The van der Waals surface area contributed by atoms with E-state index >= 15 is 0 Å². The first-order valence-electron chi connectivity index (χ1n) is 5.75. The van der Waals surface area contributed by atoms with Crippen molar-refractivity contribution in [1.82, 2.24) is 5.32 Å². The molecule has 1 heterocycles. The van der Waals surface area contributed by atoms with Gasteiger partial charge in [0.2, 0.25) is 0 Å². The number of nitrogens with one attached hydrogen (secondary N) is 1. The van der Waals surface area contributed by atoms with Crippen molar-refractivity contribution >= 4 is 0 Å². The van der Waals surface area contributed by atoms with Crippen LogP contribution in [0.4, 0.5) is 0 Å². The van der Waals surface area contributed by atoms with Gasteiger partial charge in [-0.05, 0) is 18.9 Å². The number of hydrogen-bond donors (Lipinski definition) is 2. The zero-order valence-electron chi connectivity index (χ0n) is 9.65. The minimum Gasteiger partial charge on any atom is -0.387 e. The van der Waals surface area contributed by atoms with Crippen molar-refractivity contribution in [3.05, 3.63) is 35.9 Å². The Bertz CT molecular complexity index is 320. The van der Waals surface area contributed by atoms with Crippen molar-refractivity contribution in [3.8, 4) is 0 Å². The summed E-state index contributed by atoms with van der Waals surface area (Å²) in [5, 5.41) is 13.4. The fraction of sp³-hybridized carbons (Fsp3) is 0.538. The summed E-state index contributed by atoms with van der Waals surface area (Å²) in [5.74, 6) is 0. The molecule has 3 heteroatoms. The Labute approximate surface area is 96.4 Å². The maximum absolute atomic E-state index is 9.99. The van der Waals surface area contributed by atoms with Crippen LogP contribution in [0.25, 0.3) is 0 Å². The molecule has 16 heavy (non-hydrogen) atoms. The maximum atomic E-state index is 9.99. The zero-order valence-corrected chi connectivity index (χ0v) is 9.65. The van der Waals surface area contributed by atoms with Crippen molar-refractivity contribution in [2.24, 2.45) is 0 Å². The van der Waals surface area contributed by atoms with Gasteiger partial charge >= 0.3 is 0 Å². The van der Waals surface area contributed by atoms with Crippen LogP contribution < -0.4 is 5.32 Å². The average Bonchev–Trinajstić information content (AvgIpc) is 2.75. The molecule has 0 aliphatic carbocycles. The van der Waals surface area contributed by atoms with Crippen molar-refractivity contribution in [2.75, 3.05) is 19.8 Å². The Kier molecular flexibility index (Phi) is 3.59. The lowest BCUT2D eigenvalue weighted by molar-refractivity contribution is 0.141. The molecule has 1 saturated heterocycles. The predicted octanol–water partition coefficient (Wildman–Crippen LogP) is 1.49. The van der Waals surface area contributed by atoms with Crippen LogP contribution in [0.3, 0.4) is 0 Å². The molecule has 0 radical (unpaired) electrons. The number of ether oxygens (including phenoxy) is 1. The van der Waals surface area contributed by atoms with Gasteiger partial charge in [0.15, 0.2) is 0 Å². The summed E-state index contributed by atoms with van der Waals surface area (Å²) in [7, 11) is 0. The topological polar surface area (TPSA) is 41.5 Å². The molecular formula is C13H19NO2. The molecule has 2 unspecified atom stereocenters. The van der Waals surface area contributed by atoms with Crippen molar-refractivity contribution in [2.45, 2.75) is 25.0 Å². The first-order chi connectivity index (χ1) is 7.70. The third kappa shape index (κ3) is 2.82. The van der Waals surface area contributed by atoms with E-state index in [4.69, 9.17) is 4.74 Å². The van der Waals surface area contributed by atoms with E-state index in [0.717, 1.165) is 25.2 Å². The van der Waals surface area contributed by atoms with Crippen molar-refractivity contribution in [1.29, 1.82) is 0 Å². The van der Waals surface area contributed by atoms with Crippen LogP contribution in [-0.4, -0.2) is 30.4 Å². The lowest BCUT2D eigenvalue weighted by Crippen LogP contribution is -2.44. The molecule has 0 bridgehead atoms. The van der Waals surface area contributed by atoms with E-state index < -0.39 is 6.10 Å². The highest BCUT2D eigenvalue weighted by Crippen LogP contribution is 2.19. The van der Waals surface area contributed by atoms with Crippen LogP contribution in [0.2, 0.25) is 0 Å². The summed E-state index contributed by atoms with van der Waals surface area (Å²) in [6, 6.07) is 9.73. The van der Waals surface area contributed by atoms with Gasteiger partial charge in [0, 0.05) is 18.7 Å². The average molecular weight is 221 g/mol. The highest BCUT2D eigenvalue weighted by atomic mass is 16.5. The standard InChI is InChI=1S/C13H19NO2/c1-13(7-8-16-10-13)14-9-12(15)11-5-3-2-4-6-11/h2-6,12,14-15H,7-10H2,1H3. The molecule has 1 fully saturated rings. The number of aliphatic hydroxyl groups excluding tert-OH is 1. The molecule has 2 N–H and O–H groups in total. The van der Waals surface area contributed by atoms with Crippen LogP contribution in [0.1, 0.15) is 25.0 Å². The van der Waals surface area contributed by atoms with Gasteiger partial charge < -0.3 is 15.2 Å². The lowest BCUT2D eigenvalue weighted by Gasteiger charge is -2.25. The first kappa shape index (κ1) is 11.6. The van der Waals surface area contributed by atoms with Gasteiger partial charge in [0.05, 0.1) is 12.7 Å². The summed E-state index contributed by atoms with van der Waals surface area (Å²) < 4.78 is 5.35. The summed E-state index contributed by atoms with van der Waals surface area (Å²) in [4.78, 5) is 0. The number of benzene rings is 1. The molecule has 3 nitrogen and oxygen atoms in total. The fourth-order valence-electron chi connectivity index (χ4n) is 1.94. The minimum atomic E-state index is -0.446. The Hall–Kier alpha value is -0.900. The maximum Gasteiger partial charge on any atom is 0.0914 e. The fourth-order valence-corrected chi connectivity index (χ4v) is 1.94. The third-order valence-corrected chi connectivity index (χ3v) is 3.13. The molecular weight excluding hydrogens is 202 g/mol. The Morgan fingerprint density at radius 2 is 2.19 bits per heavy atom. The molecule has 1 aromatic rings. The molecule has 0 amide bonds. The molecule has 1 aromatic carbocycles. The van der Waals surface area contributed by atoms with Crippen LogP contribution >= 0.6 is 0 Å². The van der Waals surface area contributed by atoms with Gasteiger partial charge in [-0.2, -0.15) is 0 Å². The quantitative estimate of drug-likeness (QED) is 0.809.